The predicted octanol–water partition coefficient (Wildman–Crippen LogP) is 2.10. The van der Waals surface area contributed by atoms with E-state index in [9.17, 15) is 0 Å². The Hall–Kier alpha value is 0.210. The second kappa shape index (κ2) is 4.16. The number of hydrogen-bond donors (Lipinski definition) is 1. The summed E-state index contributed by atoms with van der Waals surface area (Å²) in [5, 5.41) is 0. The Morgan fingerprint density at radius 2 is 2.15 bits per heavy atom. The molecule has 0 unspecified atom stereocenters. The van der Waals surface area contributed by atoms with Crippen molar-refractivity contribution in [1.82, 2.24) is 0 Å². The van der Waals surface area contributed by atoms with E-state index in [1.54, 1.807) is 0 Å². The van der Waals surface area contributed by atoms with Gasteiger partial charge in [-0.3, -0.25) is 0 Å². The smallest absolute Gasteiger partial charge is 0.0696 e. The van der Waals surface area contributed by atoms with Crippen LogP contribution in [-0.2, 0) is 4.74 Å². The number of rotatable bonds is 1. The molecule has 2 aliphatic rings. The molecule has 3 heteroatoms. The Kier molecular flexibility index (Phi) is 3.61. The molecule has 0 radical (unpaired) electrons. The molecule has 78 valence electrons. The summed E-state index contributed by atoms with van der Waals surface area (Å²) >= 11 is 0. The predicted molar refractivity (Wildman–Crippen MR) is 56.2 cm³/mol. The SMILES string of the molecule is CO[C@]12CCC[C@H](C[C@@H](N)C1)C2.Cl. The van der Waals surface area contributed by atoms with Gasteiger partial charge in [0, 0.05) is 13.2 Å². The zero-order chi connectivity index (χ0) is 8.60. The number of methoxy groups -OCH3 is 1. The Labute approximate surface area is 86.6 Å². The minimum Gasteiger partial charge on any atom is -0.378 e. The van der Waals surface area contributed by atoms with Gasteiger partial charge < -0.3 is 10.5 Å². The lowest BCUT2D eigenvalue weighted by molar-refractivity contribution is -0.0852. The van der Waals surface area contributed by atoms with Crippen molar-refractivity contribution in [3.8, 4) is 0 Å². The van der Waals surface area contributed by atoms with E-state index in [0.29, 0.717) is 6.04 Å². The fraction of sp³-hybridized carbons (Fsp3) is 1.00. The average molecular weight is 206 g/mol. The molecule has 2 rings (SSSR count). The standard InChI is InChI=1S/C10H19NO.ClH/c1-12-10-4-2-3-8(6-10)5-9(11)7-10;/h8-9H,2-7,11H2,1H3;1H/t8-,9-,10+;/m1./s1. The fourth-order valence-corrected chi connectivity index (χ4v) is 3.09. The van der Waals surface area contributed by atoms with Crippen molar-refractivity contribution in [3.63, 3.8) is 0 Å². The van der Waals surface area contributed by atoms with Crippen molar-refractivity contribution < 1.29 is 4.74 Å². The van der Waals surface area contributed by atoms with E-state index in [4.69, 9.17) is 10.5 Å². The Morgan fingerprint density at radius 1 is 1.38 bits per heavy atom. The molecule has 2 nitrogen and oxygen atoms in total. The molecule has 0 spiro atoms. The summed E-state index contributed by atoms with van der Waals surface area (Å²) in [5.74, 6) is 0.849. The first kappa shape index (κ1) is 11.3. The number of ether oxygens (including phenoxy) is 1. The molecule has 0 aromatic carbocycles. The Bertz CT molecular complexity index is 172. The maximum atomic E-state index is 6.01. The quantitative estimate of drug-likeness (QED) is 0.712. The molecular formula is C10H20ClNO. The maximum absolute atomic E-state index is 6.01. The van der Waals surface area contributed by atoms with E-state index < -0.39 is 0 Å². The van der Waals surface area contributed by atoms with Crippen molar-refractivity contribution in [1.29, 1.82) is 0 Å². The van der Waals surface area contributed by atoms with Crippen molar-refractivity contribution >= 4 is 12.4 Å². The second-order valence-electron chi connectivity index (χ2n) is 4.55. The summed E-state index contributed by atoms with van der Waals surface area (Å²) in [6.45, 7) is 0. The first-order valence-corrected chi connectivity index (χ1v) is 5.05. The molecule has 13 heavy (non-hydrogen) atoms. The van der Waals surface area contributed by atoms with Crippen LogP contribution < -0.4 is 5.73 Å². The van der Waals surface area contributed by atoms with E-state index >= 15 is 0 Å². The normalized spacial score (nSPS) is 43.8. The lowest BCUT2D eigenvalue weighted by atomic mass is 9.67. The molecule has 0 heterocycles. The molecule has 2 aliphatic carbocycles. The minimum atomic E-state index is 0. The van der Waals surface area contributed by atoms with Crippen molar-refractivity contribution in [2.45, 2.75) is 50.2 Å². The zero-order valence-electron chi connectivity index (χ0n) is 8.29. The van der Waals surface area contributed by atoms with Crippen LogP contribution >= 0.6 is 12.4 Å². The van der Waals surface area contributed by atoms with Crippen molar-refractivity contribution in [2.24, 2.45) is 11.7 Å². The monoisotopic (exact) mass is 205 g/mol. The van der Waals surface area contributed by atoms with Gasteiger partial charge in [-0.1, -0.05) is 12.8 Å². The van der Waals surface area contributed by atoms with Gasteiger partial charge in [-0.2, -0.15) is 0 Å². The lowest BCUT2D eigenvalue weighted by Gasteiger charge is -2.46. The van der Waals surface area contributed by atoms with E-state index in [1.165, 1.54) is 32.1 Å². The number of halogens is 1. The maximum Gasteiger partial charge on any atom is 0.0696 e. The molecule has 0 aromatic rings. The summed E-state index contributed by atoms with van der Waals surface area (Å²) in [6, 6.07) is 0.393. The first-order valence-electron chi connectivity index (χ1n) is 5.05. The third-order valence-corrected chi connectivity index (χ3v) is 3.61. The molecule has 2 bridgehead atoms. The lowest BCUT2D eigenvalue weighted by Crippen LogP contribution is -2.48. The van der Waals surface area contributed by atoms with E-state index in [-0.39, 0.29) is 18.0 Å². The highest BCUT2D eigenvalue weighted by Gasteiger charge is 2.42. The summed E-state index contributed by atoms with van der Waals surface area (Å²) < 4.78 is 5.64. The molecule has 2 saturated carbocycles. The summed E-state index contributed by atoms with van der Waals surface area (Å²) in [4.78, 5) is 0. The second-order valence-corrected chi connectivity index (χ2v) is 4.55. The average Bonchev–Trinajstić information content (AvgIpc) is 2.03. The minimum absolute atomic E-state index is 0. The van der Waals surface area contributed by atoms with Crippen LogP contribution in [0.2, 0.25) is 0 Å². The van der Waals surface area contributed by atoms with Gasteiger partial charge >= 0.3 is 0 Å². The molecule has 0 aromatic heterocycles. The van der Waals surface area contributed by atoms with E-state index in [1.807, 2.05) is 7.11 Å². The summed E-state index contributed by atoms with van der Waals surface area (Å²) in [7, 11) is 1.85. The highest BCUT2D eigenvalue weighted by Crippen LogP contribution is 2.44. The molecule has 0 saturated heterocycles. The van der Waals surface area contributed by atoms with E-state index in [0.717, 1.165) is 12.3 Å². The number of fused-ring (bicyclic) bond motifs is 2. The van der Waals surface area contributed by atoms with Crippen molar-refractivity contribution in [2.75, 3.05) is 7.11 Å². The first-order chi connectivity index (χ1) is 5.74. The van der Waals surface area contributed by atoms with E-state index in [2.05, 4.69) is 0 Å². The van der Waals surface area contributed by atoms with Crippen LogP contribution in [0.4, 0.5) is 0 Å². The van der Waals surface area contributed by atoms with Gasteiger partial charge in [0.2, 0.25) is 0 Å². The highest BCUT2D eigenvalue weighted by atomic mass is 35.5. The fourth-order valence-electron chi connectivity index (χ4n) is 3.09. The van der Waals surface area contributed by atoms with Gasteiger partial charge in [0.15, 0.2) is 0 Å². The van der Waals surface area contributed by atoms with Crippen LogP contribution in [0.3, 0.4) is 0 Å². The molecular weight excluding hydrogens is 186 g/mol. The molecule has 0 amide bonds. The van der Waals surface area contributed by atoms with Crippen LogP contribution in [0.5, 0.6) is 0 Å². The molecule has 2 fully saturated rings. The topological polar surface area (TPSA) is 35.2 Å². The highest BCUT2D eigenvalue weighted by molar-refractivity contribution is 5.85. The third kappa shape index (κ3) is 2.17. The third-order valence-electron chi connectivity index (χ3n) is 3.61. The summed E-state index contributed by atoms with van der Waals surface area (Å²) in [5.41, 5.74) is 6.17. The number of nitrogens with two attached hydrogens (primary N) is 1. The van der Waals surface area contributed by atoms with Crippen LogP contribution in [0.1, 0.15) is 38.5 Å². The van der Waals surface area contributed by atoms with Crippen LogP contribution in [0.15, 0.2) is 0 Å². The van der Waals surface area contributed by atoms with Gasteiger partial charge in [-0.25, -0.2) is 0 Å². The van der Waals surface area contributed by atoms with Crippen molar-refractivity contribution in [3.05, 3.63) is 0 Å². The largest absolute Gasteiger partial charge is 0.378 e. The Balaban J connectivity index is 0.000000845. The van der Waals surface area contributed by atoms with Gasteiger partial charge in [0.25, 0.3) is 0 Å². The molecule has 2 N–H and O–H groups in total. The van der Waals surface area contributed by atoms with Gasteiger partial charge in [0.1, 0.15) is 0 Å². The van der Waals surface area contributed by atoms with Crippen LogP contribution in [-0.4, -0.2) is 18.8 Å². The molecule has 0 aliphatic heterocycles. The zero-order valence-corrected chi connectivity index (χ0v) is 9.11. The Morgan fingerprint density at radius 3 is 2.85 bits per heavy atom. The van der Waals surface area contributed by atoms with Gasteiger partial charge in [-0.05, 0) is 31.6 Å². The van der Waals surface area contributed by atoms with Crippen LogP contribution in [0.25, 0.3) is 0 Å². The number of hydrogen-bond acceptors (Lipinski definition) is 2. The van der Waals surface area contributed by atoms with Gasteiger partial charge in [-0.15, -0.1) is 12.4 Å². The van der Waals surface area contributed by atoms with Crippen LogP contribution in [0, 0.1) is 5.92 Å². The summed E-state index contributed by atoms with van der Waals surface area (Å²) in [6.07, 6.45) is 7.51. The molecule has 3 atom stereocenters. The van der Waals surface area contributed by atoms with Gasteiger partial charge in [0.05, 0.1) is 5.60 Å².